The average Bonchev–Trinajstić information content (AvgIpc) is 3.00. The summed E-state index contributed by atoms with van der Waals surface area (Å²) in [6.07, 6.45) is 1.62. The lowest BCUT2D eigenvalue weighted by Gasteiger charge is -2.18. The summed E-state index contributed by atoms with van der Waals surface area (Å²) in [6.45, 7) is 3.61. The zero-order valence-corrected chi connectivity index (χ0v) is 13.1. The molecule has 0 aliphatic rings. The summed E-state index contributed by atoms with van der Waals surface area (Å²) in [4.78, 5) is 28.8. The number of rotatable bonds is 3. The summed E-state index contributed by atoms with van der Waals surface area (Å²) in [6, 6.07) is 8.54. The molecule has 1 N–H and O–H groups in total. The maximum Gasteiger partial charge on any atom is 0.252 e. The van der Waals surface area contributed by atoms with Gasteiger partial charge in [-0.15, -0.1) is 11.3 Å². The van der Waals surface area contributed by atoms with E-state index in [4.69, 9.17) is 0 Å². The molecule has 6 heteroatoms. The van der Waals surface area contributed by atoms with Crippen LogP contribution in [0.3, 0.4) is 0 Å². The molecule has 112 valence electrons. The molecular weight excluding hydrogens is 298 g/mol. The third-order valence-electron chi connectivity index (χ3n) is 3.60. The van der Waals surface area contributed by atoms with Gasteiger partial charge >= 0.3 is 0 Å². The molecule has 1 atom stereocenters. The highest BCUT2D eigenvalue weighted by molar-refractivity contribution is 7.13. The van der Waals surface area contributed by atoms with Crippen LogP contribution in [0.15, 0.2) is 46.7 Å². The fourth-order valence-electron chi connectivity index (χ4n) is 2.48. The molecule has 0 aliphatic carbocycles. The zero-order valence-electron chi connectivity index (χ0n) is 12.2. The van der Waals surface area contributed by atoms with Crippen molar-refractivity contribution in [2.75, 3.05) is 5.32 Å². The molecule has 0 saturated heterocycles. The summed E-state index contributed by atoms with van der Waals surface area (Å²) in [5, 5.41) is 6.02. The number of aryl methyl sites for hydroxylation is 1. The second kappa shape index (κ2) is 5.73. The van der Waals surface area contributed by atoms with Crippen LogP contribution in [0.4, 0.5) is 5.13 Å². The number of carbonyl (C=O) groups is 1. The van der Waals surface area contributed by atoms with Gasteiger partial charge in [-0.1, -0.05) is 18.2 Å². The summed E-state index contributed by atoms with van der Waals surface area (Å²) < 4.78 is 1.52. The van der Waals surface area contributed by atoms with Crippen LogP contribution in [0.1, 0.15) is 18.5 Å². The van der Waals surface area contributed by atoms with Gasteiger partial charge in [0.15, 0.2) is 5.13 Å². The minimum atomic E-state index is -0.623. The predicted molar refractivity (Wildman–Crippen MR) is 88.4 cm³/mol. The molecule has 2 aromatic heterocycles. The van der Waals surface area contributed by atoms with Gasteiger partial charge in [0.1, 0.15) is 6.04 Å². The molecular formula is C16H15N3O2S. The first-order valence-corrected chi connectivity index (χ1v) is 7.77. The number of hydrogen-bond donors (Lipinski definition) is 1. The Morgan fingerprint density at radius 2 is 2.14 bits per heavy atom. The number of benzene rings is 1. The Balaban J connectivity index is 2.05. The smallest absolute Gasteiger partial charge is 0.252 e. The van der Waals surface area contributed by atoms with E-state index in [0.29, 0.717) is 5.13 Å². The van der Waals surface area contributed by atoms with Crippen molar-refractivity contribution in [3.05, 3.63) is 57.8 Å². The number of nitrogens with one attached hydrogen (secondary N) is 1. The van der Waals surface area contributed by atoms with E-state index in [0.717, 1.165) is 16.5 Å². The second-order valence-corrected chi connectivity index (χ2v) is 5.95. The van der Waals surface area contributed by atoms with Gasteiger partial charge in [-0.2, -0.15) is 0 Å². The number of para-hydroxylation sites is 1. The number of nitrogens with zero attached hydrogens (tertiary/aromatic N) is 2. The van der Waals surface area contributed by atoms with Crippen molar-refractivity contribution in [2.45, 2.75) is 19.9 Å². The molecule has 3 rings (SSSR count). The van der Waals surface area contributed by atoms with E-state index in [1.807, 2.05) is 31.2 Å². The third kappa shape index (κ3) is 2.53. The van der Waals surface area contributed by atoms with E-state index in [2.05, 4.69) is 10.3 Å². The molecule has 0 radical (unpaired) electrons. The summed E-state index contributed by atoms with van der Waals surface area (Å²) in [5.74, 6) is -0.258. The fraction of sp³-hybridized carbons (Fsp3) is 0.188. The Bertz CT molecular complexity index is 884. The van der Waals surface area contributed by atoms with Gasteiger partial charge in [0.2, 0.25) is 5.91 Å². The Kier molecular flexibility index (Phi) is 3.77. The molecule has 5 nitrogen and oxygen atoms in total. The first kappa shape index (κ1) is 14.5. The highest BCUT2D eigenvalue weighted by Gasteiger charge is 2.19. The van der Waals surface area contributed by atoms with Crippen molar-refractivity contribution in [3.63, 3.8) is 0 Å². The molecule has 2 heterocycles. The first-order valence-electron chi connectivity index (χ1n) is 6.89. The molecule has 0 bridgehead atoms. The van der Waals surface area contributed by atoms with Crippen LogP contribution in [-0.4, -0.2) is 15.5 Å². The molecule has 0 saturated carbocycles. The van der Waals surface area contributed by atoms with Crippen molar-refractivity contribution < 1.29 is 4.79 Å². The van der Waals surface area contributed by atoms with Crippen LogP contribution >= 0.6 is 11.3 Å². The number of carbonyl (C=O) groups excluding carboxylic acids is 1. The molecule has 0 fully saturated rings. The van der Waals surface area contributed by atoms with Crippen LogP contribution in [0.25, 0.3) is 10.9 Å². The van der Waals surface area contributed by atoms with Crippen LogP contribution in [0, 0.1) is 6.92 Å². The highest BCUT2D eigenvalue weighted by Crippen LogP contribution is 2.20. The summed E-state index contributed by atoms with van der Waals surface area (Å²) in [5.41, 5.74) is 1.48. The van der Waals surface area contributed by atoms with Gasteiger partial charge in [-0.05, 0) is 25.5 Å². The number of pyridine rings is 1. The standard InChI is InChI=1S/C16H15N3O2S/c1-10-9-14(20)19(13-6-4-3-5-12(10)13)11(2)15(21)18-16-17-7-8-22-16/h3-9,11H,1-2H3,(H,17,18,21). The molecule has 1 amide bonds. The van der Waals surface area contributed by atoms with Crippen LogP contribution in [-0.2, 0) is 4.79 Å². The molecule has 22 heavy (non-hydrogen) atoms. The predicted octanol–water partition coefficient (Wildman–Crippen LogP) is 2.97. The lowest BCUT2D eigenvalue weighted by atomic mass is 10.1. The number of thiazole rings is 1. The van der Waals surface area contributed by atoms with Crippen LogP contribution in [0.5, 0.6) is 0 Å². The molecule has 1 aromatic carbocycles. The Labute approximate surface area is 131 Å². The van der Waals surface area contributed by atoms with Gasteiger partial charge in [0, 0.05) is 23.0 Å². The van der Waals surface area contributed by atoms with Crippen molar-refractivity contribution in [1.29, 1.82) is 0 Å². The number of hydrogen-bond acceptors (Lipinski definition) is 4. The maximum absolute atomic E-state index is 12.4. The van der Waals surface area contributed by atoms with Crippen molar-refractivity contribution in [1.82, 2.24) is 9.55 Å². The number of amides is 1. The fourth-order valence-corrected chi connectivity index (χ4v) is 3.01. The van der Waals surface area contributed by atoms with Crippen molar-refractivity contribution >= 4 is 33.3 Å². The van der Waals surface area contributed by atoms with E-state index in [1.165, 1.54) is 15.9 Å². The molecule has 0 spiro atoms. The monoisotopic (exact) mass is 313 g/mol. The molecule has 0 aliphatic heterocycles. The van der Waals surface area contributed by atoms with Crippen molar-refractivity contribution in [3.8, 4) is 0 Å². The minimum Gasteiger partial charge on any atom is -0.300 e. The number of aromatic nitrogens is 2. The van der Waals surface area contributed by atoms with E-state index in [9.17, 15) is 9.59 Å². The topological polar surface area (TPSA) is 64.0 Å². The van der Waals surface area contributed by atoms with Gasteiger partial charge in [-0.25, -0.2) is 4.98 Å². The first-order chi connectivity index (χ1) is 10.6. The Morgan fingerprint density at radius 3 is 2.86 bits per heavy atom. The lowest BCUT2D eigenvalue weighted by molar-refractivity contribution is -0.118. The van der Waals surface area contributed by atoms with Gasteiger partial charge < -0.3 is 5.32 Å². The quantitative estimate of drug-likeness (QED) is 0.808. The van der Waals surface area contributed by atoms with E-state index < -0.39 is 6.04 Å². The average molecular weight is 313 g/mol. The largest absolute Gasteiger partial charge is 0.300 e. The van der Waals surface area contributed by atoms with Gasteiger partial charge in [0.05, 0.1) is 5.52 Å². The molecule has 3 aromatic rings. The van der Waals surface area contributed by atoms with Crippen LogP contribution < -0.4 is 10.9 Å². The number of anilines is 1. The second-order valence-electron chi connectivity index (χ2n) is 5.06. The van der Waals surface area contributed by atoms with Gasteiger partial charge in [-0.3, -0.25) is 14.2 Å². The Morgan fingerprint density at radius 1 is 1.36 bits per heavy atom. The van der Waals surface area contributed by atoms with Crippen molar-refractivity contribution in [2.24, 2.45) is 0 Å². The summed E-state index contributed by atoms with van der Waals surface area (Å²) in [7, 11) is 0. The minimum absolute atomic E-state index is 0.182. The highest BCUT2D eigenvalue weighted by atomic mass is 32.1. The van der Waals surface area contributed by atoms with E-state index in [-0.39, 0.29) is 11.5 Å². The SMILES string of the molecule is Cc1cc(=O)n(C(C)C(=O)Nc2nccs2)c2ccccc12. The maximum atomic E-state index is 12.4. The zero-order chi connectivity index (χ0) is 15.7. The normalized spacial score (nSPS) is 12.3. The lowest BCUT2D eigenvalue weighted by Crippen LogP contribution is -2.31. The Hall–Kier alpha value is -2.47. The van der Waals surface area contributed by atoms with Gasteiger partial charge in [0.25, 0.3) is 5.56 Å². The van der Waals surface area contributed by atoms with E-state index in [1.54, 1.807) is 24.6 Å². The summed E-state index contributed by atoms with van der Waals surface area (Å²) >= 11 is 1.34. The third-order valence-corrected chi connectivity index (χ3v) is 4.28. The van der Waals surface area contributed by atoms with E-state index >= 15 is 0 Å². The van der Waals surface area contributed by atoms with Crippen LogP contribution in [0.2, 0.25) is 0 Å². The number of fused-ring (bicyclic) bond motifs is 1. The molecule has 1 unspecified atom stereocenters.